The highest BCUT2D eigenvalue weighted by Crippen LogP contribution is 2.19. The minimum Gasteiger partial charge on any atom is -0.273 e. The van der Waals surface area contributed by atoms with E-state index in [2.05, 4.69) is 5.43 Å². The summed E-state index contributed by atoms with van der Waals surface area (Å²) in [6, 6.07) is 6.13. The number of benzene rings is 1. The zero-order chi connectivity index (χ0) is 14.8. The predicted molar refractivity (Wildman–Crippen MR) is 73.5 cm³/mol. The van der Waals surface area contributed by atoms with Crippen molar-refractivity contribution in [3.8, 4) is 0 Å². The Hall–Kier alpha value is -1.48. The fourth-order valence-electron chi connectivity index (χ4n) is 1.29. The maximum Gasteiger partial charge on any atom is 0.276 e. The van der Waals surface area contributed by atoms with Crippen molar-refractivity contribution < 1.29 is 17.6 Å². The number of rotatable bonds is 4. The van der Waals surface area contributed by atoms with E-state index in [9.17, 15) is 17.6 Å². The van der Waals surface area contributed by atoms with Crippen LogP contribution in [0.5, 0.6) is 0 Å². The number of halogens is 2. The van der Waals surface area contributed by atoms with Crippen molar-refractivity contribution in [2.45, 2.75) is 4.90 Å². The SMILES string of the molecule is O=C(NNS(=O)(=O)c1ccc(F)c(Cl)c1)c1cccs1. The van der Waals surface area contributed by atoms with Crippen molar-refractivity contribution in [1.82, 2.24) is 10.3 Å². The van der Waals surface area contributed by atoms with Gasteiger partial charge in [-0.25, -0.2) is 12.8 Å². The maximum atomic E-state index is 13.0. The molecule has 0 bridgehead atoms. The Morgan fingerprint density at radius 2 is 2.05 bits per heavy atom. The fraction of sp³-hybridized carbons (Fsp3) is 0. The van der Waals surface area contributed by atoms with Crippen molar-refractivity contribution in [1.29, 1.82) is 0 Å². The molecule has 9 heteroatoms. The summed E-state index contributed by atoms with van der Waals surface area (Å²) in [7, 11) is -4.01. The molecule has 1 amide bonds. The smallest absolute Gasteiger partial charge is 0.273 e. The molecular formula is C11H8ClFN2O3S2. The summed E-state index contributed by atoms with van der Waals surface area (Å²) in [4.78, 5) is 13.6. The number of amides is 1. The normalized spacial score (nSPS) is 11.3. The highest BCUT2D eigenvalue weighted by molar-refractivity contribution is 7.89. The largest absolute Gasteiger partial charge is 0.276 e. The molecule has 20 heavy (non-hydrogen) atoms. The zero-order valence-electron chi connectivity index (χ0n) is 9.76. The van der Waals surface area contributed by atoms with Gasteiger partial charge in [0.15, 0.2) is 0 Å². The van der Waals surface area contributed by atoms with E-state index in [-0.39, 0.29) is 9.92 Å². The Bertz CT molecular complexity index is 732. The van der Waals surface area contributed by atoms with Crippen LogP contribution >= 0.6 is 22.9 Å². The van der Waals surface area contributed by atoms with E-state index >= 15 is 0 Å². The lowest BCUT2D eigenvalue weighted by Crippen LogP contribution is -2.41. The van der Waals surface area contributed by atoms with Gasteiger partial charge >= 0.3 is 0 Å². The average molecular weight is 335 g/mol. The summed E-state index contributed by atoms with van der Waals surface area (Å²) in [5.74, 6) is -1.31. The molecule has 0 aliphatic rings. The first-order valence-corrected chi connectivity index (χ1v) is 7.95. The number of nitrogens with one attached hydrogen (secondary N) is 2. The van der Waals surface area contributed by atoms with Crippen LogP contribution in [0.2, 0.25) is 5.02 Å². The van der Waals surface area contributed by atoms with Gasteiger partial charge in [-0.05, 0) is 29.6 Å². The number of carbonyl (C=O) groups is 1. The Kier molecular flexibility index (Phi) is 4.39. The zero-order valence-corrected chi connectivity index (χ0v) is 12.2. The van der Waals surface area contributed by atoms with Crippen molar-refractivity contribution in [3.63, 3.8) is 0 Å². The van der Waals surface area contributed by atoms with Gasteiger partial charge < -0.3 is 0 Å². The van der Waals surface area contributed by atoms with Crippen LogP contribution in [0.3, 0.4) is 0 Å². The molecule has 2 rings (SSSR count). The van der Waals surface area contributed by atoms with Crippen LogP contribution in [-0.4, -0.2) is 14.3 Å². The van der Waals surface area contributed by atoms with E-state index in [1.54, 1.807) is 17.5 Å². The molecule has 1 heterocycles. The lowest BCUT2D eigenvalue weighted by atomic mass is 10.3. The third-order valence-electron chi connectivity index (χ3n) is 2.25. The molecule has 5 nitrogen and oxygen atoms in total. The molecule has 1 aromatic carbocycles. The number of carbonyl (C=O) groups excluding carboxylic acids is 1. The van der Waals surface area contributed by atoms with Gasteiger partial charge in [0.2, 0.25) is 0 Å². The number of sulfonamides is 1. The van der Waals surface area contributed by atoms with Crippen LogP contribution < -0.4 is 10.3 Å². The van der Waals surface area contributed by atoms with Crippen molar-refractivity contribution in [2.24, 2.45) is 0 Å². The quantitative estimate of drug-likeness (QED) is 0.841. The van der Waals surface area contributed by atoms with Crippen LogP contribution in [0.4, 0.5) is 4.39 Å². The van der Waals surface area contributed by atoms with E-state index in [0.29, 0.717) is 4.88 Å². The van der Waals surface area contributed by atoms with Crippen molar-refractivity contribution >= 4 is 38.9 Å². The van der Waals surface area contributed by atoms with Crippen LogP contribution in [-0.2, 0) is 10.0 Å². The van der Waals surface area contributed by atoms with Gasteiger partial charge in [0, 0.05) is 0 Å². The topological polar surface area (TPSA) is 75.3 Å². The first-order chi connectivity index (χ1) is 9.40. The summed E-state index contributed by atoms with van der Waals surface area (Å²) >= 11 is 6.68. The molecule has 0 spiro atoms. The first-order valence-electron chi connectivity index (χ1n) is 5.21. The predicted octanol–water partition coefficient (Wildman–Crippen LogP) is 2.16. The molecule has 0 saturated heterocycles. The van der Waals surface area contributed by atoms with Gasteiger partial charge in [0.25, 0.3) is 15.9 Å². The fourth-order valence-corrected chi connectivity index (χ4v) is 3.02. The molecule has 2 aromatic rings. The van der Waals surface area contributed by atoms with Gasteiger partial charge in [0.05, 0.1) is 14.8 Å². The number of hydrogen-bond donors (Lipinski definition) is 2. The third-order valence-corrected chi connectivity index (χ3v) is 4.65. The summed E-state index contributed by atoms with van der Waals surface area (Å²) in [6.45, 7) is 0. The lowest BCUT2D eigenvalue weighted by Gasteiger charge is -2.08. The van der Waals surface area contributed by atoms with E-state index in [1.165, 1.54) is 0 Å². The monoisotopic (exact) mass is 334 g/mol. The average Bonchev–Trinajstić information content (AvgIpc) is 2.93. The van der Waals surface area contributed by atoms with E-state index in [1.807, 2.05) is 4.83 Å². The number of hydrogen-bond acceptors (Lipinski definition) is 4. The summed E-state index contributed by atoms with van der Waals surface area (Å²) in [5.41, 5.74) is 2.05. The van der Waals surface area contributed by atoms with Gasteiger partial charge in [0.1, 0.15) is 5.82 Å². The van der Waals surface area contributed by atoms with Crippen LogP contribution in [0.1, 0.15) is 9.67 Å². The van der Waals surface area contributed by atoms with Crippen LogP contribution in [0.25, 0.3) is 0 Å². The molecule has 0 aliphatic carbocycles. The molecule has 0 fully saturated rings. The number of hydrazine groups is 1. The molecule has 0 atom stereocenters. The van der Waals surface area contributed by atoms with Crippen LogP contribution in [0.15, 0.2) is 40.6 Å². The molecule has 0 saturated carbocycles. The highest BCUT2D eigenvalue weighted by atomic mass is 35.5. The van der Waals surface area contributed by atoms with Crippen molar-refractivity contribution in [3.05, 3.63) is 51.4 Å². The molecule has 106 valence electrons. The second kappa shape index (κ2) is 5.88. The van der Waals surface area contributed by atoms with Crippen LogP contribution in [0, 0.1) is 5.82 Å². The minimum absolute atomic E-state index is 0.254. The molecule has 2 N–H and O–H groups in total. The second-order valence-corrected chi connectivity index (χ2v) is 6.65. The highest BCUT2D eigenvalue weighted by Gasteiger charge is 2.17. The Balaban J connectivity index is 2.11. The molecule has 1 aromatic heterocycles. The Morgan fingerprint density at radius 1 is 1.30 bits per heavy atom. The van der Waals surface area contributed by atoms with E-state index in [0.717, 1.165) is 29.5 Å². The Morgan fingerprint density at radius 3 is 2.65 bits per heavy atom. The maximum absolute atomic E-state index is 13.0. The number of thiophene rings is 1. The molecule has 0 radical (unpaired) electrons. The minimum atomic E-state index is -4.01. The van der Waals surface area contributed by atoms with Gasteiger partial charge in [-0.3, -0.25) is 10.2 Å². The van der Waals surface area contributed by atoms with Gasteiger partial charge in [-0.15, -0.1) is 16.2 Å². The first kappa shape index (κ1) is 14.9. The van der Waals surface area contributed by atoms with Gasteiger partial charge in [-0.1, -0.05) is 17.7 Å². The van der Waals surface area contributed by atoms with Crippen molar-refractivity contribution in [2.75, 3.05) is 0 Å². The summed E-state index contributed by atoms with van der Waals surface area (Å²) in [6.07, 6.45) is 0. The van der Waals surface area contributed by atoms with Gasteiger partial charge in [-0.2, -0.15) is 0 Å². The molecule has 0 aliphatic heterocycles. The third kappa shape index (κ3) is 3.34. The molecule has 0 unspecified atom stereocenters. The standard InChI is InChI=1S/C11H8ClFN2O3S2/c12-8-6-7(3-4-9(8)13)20(17,18)15-14-11(16)10-2-1-5-19-10/h1-6,15H,(H,14,16). The lowest BCUT2D eigenvalue weighted by molar-refractivity contribution is 0.0949. The second-order valence-electron chi connectivity index (χ2n) is 3.61. The summed E-state index contributed by atoms with van der Waals surface area (Å²) in [5, 5.41) is 1.36. The van der Waals surface area contributed by atoms with E-state index < -0.39 is 21.7 Å². The molecular weight excluding hydrogens is 327 g/mol. The Labute approximate surface area is 123 Å². The summed E-state index contributed by atoms with van der Waals surface area (Å²) < 4.78 is 36.7. The van der Waals surface area contributed by atoms with E-state index in [4.69, 9.17) is 11.6 Å².